The molecule has 2 aliphatic rings. The first-order valence-electron chi connectivity index (χ1n) is 8.62. The number of hydrogen-bond acceptors (Lipinski definition) is 3. The number of hydrogen-bond donors (Lipinski definition) is 2. The zero-order valence-electron chi connectivity index (χ0n) is 14.9. The summed E-state index contributed by atoms with van der Waals surface area (Å²) in [6, 6.07) is -0.312. The number of amides is 3. The molecular weight excluding hydrogens is 421 g/mol. The molecular formula is C16H30IN5O2. The van der Waals surface area contributed by atoms with Crippen molar-refractivity contribution in [3.8, 4) is 0 Å². The van der Waals surface area contributed by atoms with Crippen LogP contribution < -0.4 is 10.6 Å². The van der Waals surface area contributed by atoms with E-state index < -0.39 is 0 Å². The van der Waals surface area contributed by atoms with Gasteiger partial charge < -0.3 is 15.5 Å². The maximum absolute atomic E-state index is 11.6. The lowest BCUT2D eigenvalue weighted by Gasteiger charge is -2.22. The van der Waals surface area contributed by atoms with Crippen molar-refractivity contribution in [3.63, 3.8) is 0 Å². The van der Waals surface area contributed by atoms with Crippen molar-refractivity contribution >= 4 is 41.9 Å². The van der Waals surface area contributed by atoms with Gasteiger partial charge >= 0.3 is 6.03 Å². The zero-order chi connectivity index (χ0) is 16.8. The number of guanidine groups is 1. The lowest BCUT2D eigenvalue weighted by atomic mass is 9.97. The highest BCUT2D eigenvalue weighted by molar-refractivity contribution is 14.0. The van der Waals surface area contributed by atoms with Crippen molar-refractivity contribution in [2.24, 2.45) is 16.8 Å². The summed E-state index contributed by atoms with van der Waals surface area (Å²) < 4.78 is 0. The fourth-order valence-corrected chi connectivity index (χ4v) is 3.25. The SMILES string of the molecule is CCNC(=NCCN1C(=O)CNC1=O)N1CCC(CC(C)C)C1.I. The molecule has 0 radical (unpaired) electrons. The van der Waals surface area contributed by atoms with E-state index in [1.165, 1.54) is 17.7 Å². The minimum absolute atomic E-state index is 0. The first-order valence-corrected chi connectivity index (χ1v) is 8.62. The molecule has 24 heavy (non-hydrogen) atoms. The van der Waals surface area contributed by atoms with Crippen LogP contribution in [-0.4, -0.2) is 67.0 Å². The van der Waals surface area contributed by atoms with Crippen molar-refractivity contribution < 1.29 is 9.59 Å². The van der Waals surface area contributed by atoms with Gasteiger partial charge in [-0.3, -0.25) is 14.7 Å². The Bertz CT molecular complexity index is 453. The van der Waals surface area contributed by atoms with Gasteiger partial charge in [-0.2, -0.15) is 0 Å². The van der Waals surface area contributed by atoms with Gasteiger partial charge in [-0.1, -0.05) is 13.8 Å². The van der Waals surface area contributed by atoms with Gasteiger partial charge in [0, 0.05) is 19.6 Å². The van der Waals surface area contributed by atoms with Crippen LogP contribution in [0.1, 0.15) is 33.6 Å². The Morgan fingerprint density at radius 3 is 2.75 bits per heavy atom. The smallest absolute Gasteiger partial charge is 0.324 e. The molecule has 0 aliphatic carbocycles. The molecule has 0 aromatic rings. The summed E-state index contributed by atoms with van der Waals surface area (Å²) in [5, 5.41) is 5.84. The normalized spacial score (nSPS) is 21.3. The van der Waals surface area contributed by atoms with Gasteiger partial charge in [0.15, 0.2) is 5.96 Å². The Morgan fingerprint density at radius 2 is 2.17 bits per heavy atom. The summed E-state index contributed by atoms with van der Waals surface area (Å²) in [6.07, 6.45) is 2.45. The third-order valence-corrected chi connectivity index (χ3v) is 4.25. The Kier molecular flexibility index (Phi) is 8.79. The van der Waals surface area contributed by atoms with Crippen LogP contribution >= 0.6 is 24.0 Å². The molecule has 2 rings (SSSR count). The van der Waals surface area contributed by atoms with Crippen molar-refractivity contribution in [3.05, 3.63) is 0 Å². The van der Waals surface area contributed by atoms with E-state index in [0.29, 0.717) is 13.1 Å². The van der Waals surface area contributed by atoms with Crippen LogP contribution in [0, 0.1) is 11.8 Å². The van der Waals surface area contributed by atoms with E-state index in [2.05, 4.69) is 41.3 Å². The molecule has 1 atom stereocenters. The monoisotopic (exact) mass is 451 g/mol. The predicted octanol–water partition coefficient (Wildman–Crippen LogP) is 1.49. The number of halogens is 1. The van der Waals surface area contributed by atoms with E-state index in [4.69, 9.17) is 0 Å². The van der Waals surface area contributed by atoms with Gasteiger partial charge in [0.1, 0.15) is 0 Å². The molecule has 2 saturated heterocycles. The molecule has 0 aromatic heterocycles. The van der Waals surface area contributed by atoms with E-state index in [0.717, 1.165) is 37.4 Å². The number of carbonyl (C=O) groups is 2. The molecule has 7 nitrogen and oxygen atoms in total. The number of rotatable bonds is 6. The molecule has 3 amide bonds. The Morgan fingerprint density at radius 1 is 1.42 bits per heavy atom. The topological polar surface area (TPSA) is 77.0 Å². The molecule has 0 spiro atoms. The van der Waals surface area contributed by atoms with Crippen LogP contribution in [0.3, 0.4) is 0 Å². The fourth-order valence-electron chi connectivity index (χ4n) is 3.25. The third-order valence-electron chi connectivity index (χ3n) is 4.25. The number of imide groups is 1. The van der Waals surface area contributed by atoms with Gasteiger partial charge in [-0.05, 0) is 31.6 Å². The average molecular weight is 451 g/mol. The van der Waals surface area contributed by atoms with Gasteiger partial charge in [-0.25, -0.2) is 4.79 Å². The number of carbonyl (C=O) groups excluding carboxylic acids is 2. The number of aliphatic imine (C=N–C) groups is 1. The van der Waals surface area contributed by atoms with Gasteiger partial charge in [-0.15, -0.1) is 24.0 Å². The van der Waals surface area contributed by atoms with E-state index in [1.807, 2.05) is 0 Å². The predicted molar refractivity (Wildman–Crippen MR) is 106 cm³/mol. The Balaban J connectivity index is 0.00000288. The standard InChI is InChI=1S/C16H29N5O2.HI/c1-4-17-15(20-7-5-13(11-20)9-12(2)3)18-6-8-21-14(22)10-19-16(21)23;/h12-13H,4-11H2,1-3H3,(H,17,18)(H,19,23);1H. The molecule has 1 unspecified atom stereocenters. The first kappa shape index (κ1) is 21.0. The van der Waals surface area contributed by atoms with Crippen LogP contribution in [0.15, 0.2) is 4.99 Å². The van der Waals surface area contributed by atoms with E-state index >= 15 is 0 Å². The maximum atomic E-state index is 11.6. The minimum Gasteiger partial charge on any atom is -0.357 e. The summed E-state index contributed by atoms with van der Waals surface area (Å²) in [6.45, 7) is 10.3. The number of nitrogens with zero attached hydrogens (tertiary/aromatic N) is 3. The lowest BCUT2D eigenvalue weighted by Crippen LogP contribution is -2.41. The second-order valence-corrected chi connectivity index (χ2v) is 6.67. The molecule has 138 valence electrons. The van der Waals surface area contributed by atoms with Crippen molar-refractivity contribution in [1.82, 2.24) is 20.4 Å². The second kappa shape index (κ2) is 10.0. The van der Waals surface area contributed by atoms with E-state index in [9.17, 15) is 9.59 Å². The van der Waals surface area contributed by atoms with Crippen LogP contribution in [0.25, 0.3) is 0 Å². The number of likely N-dealkylation sites (tertiary alicyclic amines) is 1. The summed E-state index contributed by atoms with van der Waals surface area (Å²) in [7, 11) is 0. The van der Waals surface area contributed by atoms with E-state index in [-0.39, 0.29) is 42.5 Å². The number of urea groups is 1. The quantitative estimate of drug-likeness (QED) is 0.278. The van der Waals surface area contributed by atoms with Crippen LogP contribution in [0.5, 0.6) is 0 Å². The molecule has 0 aromatic carbocycles. The highest BCUT2D eigenvalue weighted by Crippen LogP contribution is 2.23. The fraction of sp³-hybridized carbons (Fsp3) is 0.812. The minimum atomic E-state index is -0.312. The van der Waals surface area contributed by atoms with E-state index in [1.54, 1.807) is 0 Å². The summed E-state index contributed by atoms with van der Waals surface area (Å²) >= 11 is 0. The highest BCUT2D eigenvalue weighted by Gasteiger charge is 2.28. The highest BCUT2D eigenvalue weighted by atomic mass is 127. The Hall–Kier alpha value is -1.06. The van der Waals surface area contributed by atoms with Crippen LogP contribution in [-0.2, 0) is 4.79 Å². The molecule has 0 bridgehead atoms. The lowest BCUT2D eigenvalue weighted by molar-refractivity contribution is -0.124. The van der Waals surface area contributed by atoms with Crippen LogP contribution in [0.2, 0.25) is 0 Å². The molecule has 0 saturated carbocycles. The van der Waals surface area contributed by atoms with Gasteiger partial charge in [0.2, 0.25) is 5.91 Å². The maximum Gasteiger partial charge on any atom is 0.324 e. The van der Waals surface area contributed by atoms with Crippen molar-refractivity contribution in [1.29, 1.82) is 0 Å². The largest absolute Gasteiger partial charge is 0.357 e. The Labute approximate surface area is 161 Å². The molecule has 2 fully saturated rings. The summed E-state index contributed by atoms with van der Waals surface area (Å²) in [5.74, 6) is 2.17. The first-order chi connectivity index (χ1) is 11.0. The summed E-state index contributed by atoms with van der Waals surface area (Å²) in [5.41, 5.74) is 0. The van der Waals surface area contributed by atoms with Gasteiger partial charge in [0.05, 0.1) is 19.6 Å². The summed E-state index contributed by atoms with van der Waals surface area (Å²) in [4.78, 5) is 31.2. The molecule has 2 aliphatic heterocycles. The third kappa shape index (κ3) is 5.78. The molecule has 2 heterocycles. The molecule has 2 N–H and O–H groups in total. The van der Waals surface area contributed by atoms with Gasteiger partial charge in [0.25, 0.3) is 0 Å². The average Bonchev–Trinajstić information content (AvgIpc) is 3.06. The number of nitrogens with one attached hydrogen (secondary N) is 2. The van der Waals surface area contributed by atoms with Crippen molar-refractivity contribution in [2.45, 2.75) is 33.6 Å². The zero-order valence-corrected chi connectivity index (χ0v) is 17.2. The second-order valence-electron chi connectivity index (χ2n) is 6.67. The van der Waals surface area contributed by atoms with Crippen molar-refractivity contribution in [2.75, 3.05) is 39.3 Å². The van der Waals surface area contributed by atoms with Crippen LogP contribution in [0.4, 0.5) is 4.79 Å². The molecule has 8 heteroatoms.